The summed E-state index contributed by atoms with van der Waals surface area (Å²) in [5.41, 5.74) is 0.681. The number of para-hydroxylation sites is 1. The molecule has 0 bridgehead atoms. The van der Waals surface area contributed by atoms with Crippen molar-refractivity contribution in [3.8, 4) is 0 Å². The summed E-state index contributed by atoms with van der Waals surface area (Å²) in [5.74, 6) is -1.02. The molecule has 1 aromatic heterocycles. The maximum Gasteiger partial charge on any atom is 0.242 e. The predicted octanol–water partition coefficient (Wildman–Crippen LogP) is 2.45. The normalized spacial score (nSPS) is 22.4. The Bertz CT molecular complexity index is 1110. The van der Waals surface area contributed by atoms with E-state index in [0.717, 1.165) is 38.8 Å². The Morgan fingerprint density at radius 3 is 2.24 bits per heavy atom. The highest BCUT2D eigenvalue weighted by molar-refractivity contribution is 7.92. The average Bonchev–Trinajstić information content (AvgIpc) is 2.93. The molecule has 2 fully saturated rings. The third-order valence-corrected chi connectivity index (χ3v) is 8.06. The fourth-order valence-corrected chi connectivity index (χ4v) is 6.33. The number of hydrogen-bond donors (Lipinski definition) is 0. The third kappa shape index (κ3) is 5.41. The fraction of sp³-hybridized carbons (Fsp3) is 0.583. The molecule has 0 saturated carbocycles. The number of hydrogen-bond acceptors (Lipinski definition) is 5. The van der Waals surface area contributed by atoms with Crippen LogP contribution in [0, 0.1) is 0 Å². The summed E-state index contributed by atoms with van der Waals surface area (Å²) in [6, 6.07) is 7.15. The second-order valence-corrected chi connectivity index (χ2v) is 11.2. The summed E-state index contributed by atoms with van der Waals surface area (Å²) < 4.78 is 34.0. The van der Waals surface area contributed by atoms with Gasteiger partial charge in [-0.1, -0.05) is 31.0 Å². The molecule has 2 saturated heterocycles. The minimum Gasteiger partial charge on any atom is -0.372 e. The number of nitrogens with zero attached hydrogens (tertiary/aromatic N) is 3. The lowest BCUT2D eigenvalue weighted by Crippen LogP contribution is -2.49. The largest absolute Gasteiger partial charge is 0.372 e. The molecule has 2 aromatic rings. The molecule has 2 amide bonds. The maximum atomic E-state index is 13.3. The van der Waals surface area contributed by atoms with Gasteiger partial charge in [0.1, 0.15) is 12.3 Å². The first-order valence-corrected chi connectivity index (χ1v) is 13.4. The summed E-state index contributed by atoms with van der Waals surface area (Å²) in [5, 5.41) is 0.540. The van der Waals surface area contributed by atoms with Crippen LogP contribution in [-0.2, 0) is 30.7 Å². The molecule has 0 N–H and O–H groups in total. The van der Waals surface area contributed by atoms with Crippen LogP contribution in [-0.4, -0.2) is 78.7 Å². The third-order valence-electron chi connectivity index (χ3n) is 6.44. The smallest absolute Gasteiger partial charge is 0.242 e. The lowest BCUT2D eigenvalue weighted by molar-refractivity contribution is -0.140. The van der Waals surface area contributed by atoms with Gasteiger partial charge in [0.25, 0.3) is 0 Å². The standard InChI is InChI=1S/C24H33N3O5S/c1-18-13-27(14-19(2)32-18)24(29)17-33(30,31)22-15-26(21-10-6-5-9-20(21)22)16-23(28)25-11-7-3-4-8-12-25/h5-6,9-10,15,18-19H,3-4,7-8,11-14,16-17H2,1-2H3. The van der Waals surface area contributed by atoms with E-state index in [2.05, 4.69) is 0 Å². The van der Waals surface area contributed by atoms with E-state index in [-0.39, 0.29) is 29.6 Å². The predicted molar refractivity (Wildman–Crippen MR) is 126 cm³/mol. The first-order valence-electron chi connectivity index (χ1n) is 11.8. The van der Waals surface area contributed by atoms with Crippen molar-refractivity contribution in [1.29, 1.82) is 0 Å². The monoisotopic (exact) mass is 475 g/mol. The van der Waals surface area contributed by atoms with Gasteiger partial charge in [-0.25, -0.2) is 8.42 Å². The lowest BCUT2D eigenvalue weighted by Gasteiger charge is -2.35. The Hall–Kier alpha value is -2.39. The molecule has 2 unspecified atom stereocenters. The molecule has 2 atom stereocenters. The van der Waals surface area contributed by atoms with Crippen LogP contribution in [0.3, 0.4) is 0 Å². The van der Waals surface area contributed by atoms with Crippen LogP contribution >= 0.6 is 0 Å². The van der Waals surface area contributed by atoms with Gasteiger partial charge in [0, 0.05) is 43.3 Å². The number of rotatable bonds is 5. The Balaban J connectivity index is 1.57. The zero-order valence-electron chi connectivity index (χ0n) is 19.4. The van der Waals surface area contributed by atoms with Crippen molar-refractivity contribution in [1.82, 2.24) is 14.4 Å². The highest BCUT2D eigenvalue weighted by atomic mass is 32.2. The van der Waals surface area contributed by atoms with Gasteiger partial charge in [-0.15, -0.1) is 0 Å². The van der Waals surface area contributed by atoms with Crippen molar-refractivity contribution in [3.05, 3.63) is 30.5 Å². The van der Waals surface area contributed by atoms with Crippen molar-refractivity contribution in [2.24, 2.45) is 0 Å². The van der Waals surface area contributed by atoms with E-state index in [1.165, 1.54) is 6.20 Å². The van der Waals surface area contributed by atoms with E-state index >= 15 is 0 Å². The number of carbonyl (C=O) groups is 2. The first-order chi connectivity index (χ1) is 15.7. The van der Waals surface area contributed by atoms with Gasteiger partial charge < -0.3 is 19.1 Å². The molecule has 8 nitrogen and oxygen atoms in total. The molecular formula is C24H33N3O5S. The number of carbonyl (C=O) groups excluding carboxylic acids is 2. The van der Waals surface area contributed by atoms with E-state index in [0.29, 0.717) is 24.0 Å². The molecule has 2 aliphatic heterocycles. The lowest BCUT2D eigenvalue weighted by atomic mass is 10.2. The van der Waals surface area contributed by atoms with Crippen LogP contribution in [0.5, 0.6) is 0 Å². The van der Waals surface area contributed by atoms with E-state index in [1.54, 1.807) is 21.6 Å². The Labute approximate surface area is 195 Å². The number of ether oxygens (including phenoxy) is 1. The number of fused-ring (bicyclic) bond motifs is 1. The van der Waals surface area contributed by atoms with Gasteiger partial charge in [-0.2, -0.15) is 0 Å². The van der Waals surface area contributed by atoms with Gasteiger partial charge in [-0.3, -0.25) is 9.59 Å². The molecule has 33 heavy (non-hydrogen) atoms. The number of likely N-dealkylation sites (tertiary alicyclic amines) is 1. The molecule has 0 spiro atoms. The van der Waals surface area contributed by atoms with Crippen LogP contribution in [0.1, 0.15) is 39.5 Å². The quantitative estimate of drug-likeness (QED) is 0.663. The second-order valence-electron chi connectivity index (χ2n) is 9.25. The zero-order chi connectivity index (χ0) is 23.6. The zero-order valence-corrected chi connectivity index (χ0v) is 20.2. The van der Waals surface area contributed by atoms with E-state index in [4.69, 9.17) is 4.74 Å². The molecule has 180 valence electrons. The van der Waals surface area contributed by atoms with Crippen molar-refractivity contribution < 1.29 is 22.7 Å². The molecule has 1 aromatic carbocycles. The summed E-state index contributed by atoms with van der Waals surface area (Å²) in [7, 11) is -3.89. The number of benzene rings is 1. The fourth-order valence-electron chi connectivity index (χ4n) is 4.87. The number of sulfone groups is 1. The average molecular weight is 476 g/mol. The molecular weight excluding hydrogens is 442 g/mol. The van der Waals surface area contributed by atoms with Crippen LogP contribution < -0.4 is 0 Å². The molecule has 4 rings (SSSR count). The van der Waals surface area contributed by atoms with E-state index < -0.39 is 21.5 Å². The van der Waals surface area contributed by atoms with Crippen molar-refractivity contribution in [2.45, 2.75) is 63.2 Å². The van der Waals surface area contributed by atoms with Crippen molar-refractivity contribution in [2.75, 3.05) is 31.9 Å². The topological polar surface area (TPSA) is 88.9 Å². The SMILES string of the molecule is CC1CN(C(=O)CS(=O)(=O)c2cn(CC(=O)N3CCCCCC3)c3ccccc23)CC(C)O1. The van der Waals surface area contributed by atoms with Gasteiger partial charge in [-0.05, 0) is 32.8 Å². The number of amides is 2. The minimum absolute atomic E-state index is 0.00558. The van der Waals surface area contributed by atoms with Crippen LogP contribution in [0.25, 0.3) is 10.9 Å². The van der Waals surface area contributed by atoms with Gasteiger partial charge in [0.05, 0.1) is 17.1 Å². The highest BCUT2D eigenvalue weighted by Gasteiger charge is 2.31. The molecule has 9 heteroatoms. The van der Waals surface area contributed by atoms with Gasteiger partial charge in [0.2, 0.25) is 11.8 Å². The first kappa shape index (κ1) is 23.8. The summed E-state index contributed by atoms with van der Waals surface area (Å²) in [6.45, 7) is 6.08. The van der Waals surface area contributed by atoms with E-state index in [9.17, 15) is 18.0 Å². The Morgan fingerprint density at radius 1 is 0.939 bits per heavy atom. The van der Waals surface area contributed by atoms with Gasteiger partial charge >= 0.3 is 0 Å². The molecule has 0 aliphatic carbocycles. The number of aromatic nitrogens is 1. The summed E-state index contributed by atoms with van der Waals surface area (Å²) in [4.78, 5) is 29.4. The van der Waals surface area contributed by atoms with Crippen LogP contribution in [0.4, 0.5) is 0 Å². The van der Waals surface area contributed by atoms with Crippen molar-refractivity contribution in [3.63, 3.8) is 0 Å². The van der Waals surface area contributed by atoms with E-state index in [1.807, 2.05) is 30.9 Å². The summed E-state index contributed by atoms with van der Waals surface area (Å²) >= 11 is 0. The summed E-state index contributed by atoms with van der Waals surface area (Å²) in [6.07, 6.45) is 5.52. The Morgan fingerprint density at radius 2 is 1.58 bits per heavy atom. The number of morpholine rings is 1. The maximum absolute atomic E-state index is 13.3. The molecule has 3 heterocycles. The molecule has 2 aliphatic rings. The molecule has 0 radical (unpaired) electrons. The van der Waals surface area contributed by atoms with Crippen molar-refractivity contribution >= 4 is 32.6 Å². The van der Waals surface area contributed by atoms with Crippen LogP contribution in [0.2, 0.25) is 0 Å². The highest BCUT2D eigenvalue weighted by Crippen LogP contribution is 2.27. The van der Waals surface area contributed by atoms with Gasteiger partial charge in [0.15, 0.2) is 9.84 Å². The second kappa shape index (κ2) is 9.85. The van der Waals surface area contributed by atoms with Crippen LogP contribution in [0.15, 0.2) is 35.4 Å². The minimum atomic E-state index is -3.89. The Kier molecular flexibility index (Phi) is 7.09.